The number of amides is 1. The fourth-order valence-electron chi connectivity index (χ4n) is 3.16. The Labute approximate surface area is 170 Å². The quantitative estimate of drug-likeness (QED) is 0.540. The molecule has 2 N–H and O–H groups in total. The van der Waals surface area contributed by atoms with E-state index in [1.165, 1.54) is 21.8 Å². The van der Waals surface area contributed by atoms with Crippen LogP contribution in [0.25, 0.3) is 16.9 Å². The van der Waals surface area contributed by atoms with Crippen LogP contribution in [0.1, 0.15) is 26.3 Å². The number of hydrogen-bond donors (Lipinski definition) is 2. The Morgan fingerprint density at radius 3 is 2.60 bits per heavy atom. The Hall–Kier alpha value is -4.27. The molecule has 0 bridgehead atoms. The second kappa shape index (κ2) is 7.28. The number of anilines is 1. The van der Waals surface area contributed by atoms with Crippen molar-refractivity contribution >= 4 is 28.5 Å². The fraction of sp³-hybridized carbons (Fsp3) is 0.0952. The van der Waals surface area contributed by atoms with E-state index >= 15 is 0 Å². The number of carbonyl (C=O) groups is 2. The van der Waals surface area contributed by atoms with E-state index in [1.807, 2.05) is 31.2 Å². The zero-order valence-electron chi connectivity index (χ0n) is 16.2. The molecule has 2 aromatic heterocycles. The smallest absolute Gasteiger partial charge is 0.338 e. The predicted octanol–water partition coefficient (Wildman–Crippen LogP) is 2.39. The number of aryl methyl sites for hydroxylation is 1. The number of nitrogens with one attached hydrogen (secondary N) is 1. The van der Waals surface area contributed by atoms with Gasteiger partial charge in [0.25, 0.3) is 11.5 Å². The van der Waals surface area contributed by atoms with Crippen LogP contribution in [-0.2, 0) is 0 Å². The number of rotatable bonds is 4. The van der Waals surface area contributed by atoms with Crippen molar-refractivity contribution in [3.8, 4) is 5.95 Å². The third-order valence-electron chi connectivity index (χ3n) is 4.77. The molecular formula is C21H17N5O4. The number of para-hydroxylation sites is 1. The molecule has 30 heavy (non-hydrogen) atoms. The standard InChI is InChI=1S/C21H17N5O4/c1-12-5-3-4-6-17(12)25(2)19(28)13-7-8-16-15(9-13)18(27)24-21(23-16)26-11-14(10-22-26)20(29)30/h3-11H,1-2H3,(H,29,30)(H,23,24,27). The van der Waals surface area contributed by atoms with E-state index in [1.54, 1.807) is 19.2 Å². The maximum Gasteiger partial charge on any atom is 0.338 e. The number of H-pyrrole nitrogens is 1. The van der Waals surface area contributed by atoms with Gasteiger partial charge in [-0.2, -0.15) is 5.10 Å². The lowest BCUT2D eigenvalue weighted by molar-refractivity contribution is 0.0696. The molecule has 2 heterocycles. The van der Waals surface area contributed by atoms with Crippen molar-refractivity contribution in [1.82, 2.24) is 19.7 Å². The average molecular weight is 403 g/mol. The van der Waals surface area contributed by atoms with Crippen LogP contribution in [0.3, 0.4) is 0 Å². The van der Waals surface area contributed by atoms with Gasteiger partial charge in [-0.1, -0.05) is 18.2 Å². The number of hydrogen-bond acceptors (Lipinski definition) is 5. The van der Waals surface area contributed by atoms with Crippen LogP contribution in [0.4, 0.5) is 5.69 Å². The van der Waals surface area contributed by atoms with Gasteiger partial charge < -0.3 is 10.0 Å². The number of carboxylic acids is 1. The topological polar surface area (TPSA) is 121 Å². The zero-order chi connectivity index (χ0) is 21.4. The molecular weight excluding hydrogens is 386 g/mol. The van der Waals surface area contributed by atoms with E-state index in [-0.39, 0.29) is 22.8 Å². The summed E-state index contributed by atoms with van der Waals surface area (Å²) in [7, 11) is 1.68. The third kappa shape index (κ3) is 3.32. The average Bonchev–Trinajstić information content (AvgIpc) is 3.23. The normalized spacial score (nSPS) is 10.9. The van der Waals surface area contributed by atoms with Crippen molar-refractivity contribution in [1.29, 1.82) is 0 Å². The summed E-state index contributed by atoms with van der Waals surface area (Å²) in [5.41, 5.74) is 1.95. The van der Waals surface area contributed by atoms with E-state index in [4.69, 9.17) is 5.11 Å². The van der Waals surface area contributed by atoms with Gasteiger partial charge in [0.1, 0.15) is 0 Å². The van der Waals surface area contributed by atoms with Crippen LogP contribution in [0, 0.1) is 6.92 Å². The molecule has 0 aliphatic carbocycles. The van der Waals surface area contributed by atoms with Crippen LogP contribution in [-0.4, -0.2) is 43.8 Å². The van der Waals surface area contributed by atoms with Crippen molar-refractivity contribution in [2.75, 3.05) is 11.9 Å². The van der Waals surface area contributed by atoms with Crippen LogP contribution in [0.15, 0.2) is 59.7 Å². The lowest BCUT2D eigenvalue weighted by Gasteiger charge is -2.19. The molecule has 0 aliphatic heterocycles. The van der Waals surface area contributed by atoms with Crippen molar-refractivity contribution in [3.05, 3.63) is 81.9 Å². The molecule has 0 fully saturated rings. The first-order valence-corrected chi connectivity index (χ1v) is 9.01. The largest absolute Gasteiger partial charge is 0.478 e. The monoisotopic (exact) mass is 403 g/mol. The highest BCUT2D eigenvalue weighted by atomic mass is 16.4. The van der Waals surface area contributed by atoms with Gasteiger partial charge in [0.2, 0.25) is 5.95 Å². The lowest BCUT2D eigenvalue weighted by atomic mass is 10.1. The fourth-order valence-corrected chi connectivity index (χ4v) is 3.16. The summed E-state index contributed by atoms with van der Waals surface area (Å²) < 4.78 is 1.18. The first-order valence-electron chi connectivity index (χ1n) is 9.01. The summed E-state index contributed by atoms with van der Waals surface area (Å²) in [5, 5.41) is 13.2. The van der Waals surface area contributed by atoms with E-state index in [0.29, 0.717) is 11.1 Å². The molecule has 0 radical (unpaired) electrons. The second-order valence-electron chi connectivity index (χ2n) is 6.75. The van der Waals surface area contributed by atoms with Crippen LogP contribution >= 0.6 is 0 Å². The molecule has 2 aromatic carbocycles. The number of nitrogens with zero attached hydrogens (tertiary/aromatic N) is 4. The van der Waals surface area contributed by atoms with Crippen molar-refractivity contribution in [2.24, 2.45) is 0 Å². The summed E-state index contributed by atoms with van der Waals surface area (Å²) in [6, 6.07) is 12.2. The molecule has 0 aliphatic rings. The molecule has 0 saturated carbocycles. The first-order chi connectivity index (χ1) is 14.3. The van der Waals surface area contributed by atoms with Gasteiger partial charge in [0, 0.05) is 24.5 Å². The molecule has 4 aromatic rings. The predicted molar refractivity (Wildman–Crippen MR) is 110 cm³/mol. The van der Waals surface area contributed by atoms with Crippen LogP contribution in [0.5, 0.6) is 0 Å². The van der Waals surface area contributed by atoms with Gasteiger partial charge in [-0.25, -0.2) is 14.5 Å². The highest BCUT2D eigenvalue weighted by Gasteiger charge is 2.17. The number of benzene rings is 2. The molecule has 1 amide bonds. The number of aromatic carboxylic acids is 1. The Morgan fingerprint density at radius 2 is 1.90 bits per heavy atom. The molecule has 4 rings (SSSR count). The van der Waals surface area contributed by atoms with E-state index in [0.717, 1.165) is 17.4 Å². The van der Waals surface area contributed by atoms with Crippen molar-refractivity contribution in [3.63, 3.8) is 0 Å². The molecule has 0 saturated heterocycles. The summed E-state index contributed by atoms with van der Waals surface area (Å²) in [6.07, 6.45) is 2.41. The van der Waals surface area contributed by atoms with Gasteiger partial charge in [0.15, 0.2) is 0 Å². The Balaban J connectivity index is 1.72. The molecule has 150 valence electrons. The SMILES string of the molecule is Cc1ccccc1N(C)C(=O)c1ccc2nc(-n3cc(C(=O)O)cn3)[nH]c(=O)c2c1. The van der Waals surface area contributed by atoms with Crippen molar-refractivity contribution < 1.29 is 14.7 Å². The number of aromatic nitrogens is 4. The molecule has 9 heteroatoms. The van der Waals surface area contributed by atoms with E-state index in [9.17, 15) is 14.4 Å². The van der Waals surface area contributed by atoms with Gasteiger partial charge in [-0.15, -0.1) is 0 Å². The maximum atomic E-state index is 12.9. The number of carboxylic acid groups (broad SMARTS) is 1. The maximum absolute atomic E-state index is 12.9. The summed E-state index contributed by atoms with van der Waals surface area (Å²) in [4.78, 5) is 45.0. The highest BCUT2D eigenvalue weighted by molar-refractivity contribution is 6.07. The van der Waals surface area contributed by atoms with Crippen LogP contribution < -0.4 is 10.5 Å². The zero-order valence-corrected chi connectivity index (χ0v) is 16.2. The third-order valence-corrected chi connectivity index (χ3v) is 4.77. The molecule has 0 spiro atoms. The highest BCUT2D eigenvalue weighted by Crippen LogP contribution is 2.21. The van der Waals surface area contributed by atoms with Gasteiger partial charge in [-0.3, -0.25) is 14.6 Å². The molecule has 9 nitrogen and oxygen atoms in total. The number of carbonyl (C=O) groups excluding carboxylic acids is 1. The minimum Gasteiger partial charge on any atom is -0.478 e. The van der Waals surface area contributed by atoms with Gasteiger partial charge in [-0.05, 0) is 36.8 Å². The van der Waals surface area contributed by atoms with Crippen LogP contribution in [0.2, 0.25) is 0 Å². The minimum absolute atomic E-state index is 0.0297. The summed E-state index contributed by atoms with van der Waals surface area (Å²) in [6.45, 7) is 1.92. The Kier molecular flexibility index (Phi) is 4.63. The van der Waals surface area contributed by atoms with Gasteiger partial charge in [0.05, 0.1) is 22.7 Å². The van der Waals surface area contributed by atoms with Crippen molar-refractivity contribution in [2.45, 2.75) is 6.92 Å². The molecule has 0 atom stereocenters. The lowest BCUT2D eigenvalue weighted by Crippen LogP contribution is -2.27. The van der Waals surface area contributed by atoms with Gasteiger partial charge >= 0.3 is 5.97 Å². The minimum atomic E-state index is -1.13. The summed E-state index contributed by atoms with van der Waals surface area (Å²) >= 11 is 0. The Bertz CT molecular complexity index is 1360. The summed E-state index contributed by atoms with van der Waals surface area (Å²) in [5.74, 6) is -1.31. The number of fused-ring (bicyclic) bond motifs is 1. The number of aromatic amines is 1. The molecule has 0 unspecified atom stereocenters. The van der Waals surface area contributed by atoms with E-state index < -0.39 is 11.5 Å². The van der Waals surface area contributed by atoms with E-state index in [2.05, 4.69) is 15.1 Å². The second-order valence-corrected chi connectivity index (χ2v) is 6.75. The first kappa shape index (κ1) is 19.1. The Morgan fingerprint density at radius 1 is 1.13 bits per heavy atom.